The van der Waals surface area contributed by atoms with E-state index >= 15 is 0 Å². The molecule has 2 aliphatic carbocycles. The molecule has 0 atom stereocenters. The predicted molar refractivity (Wildman–Crippen MR) is 53.0 cm³/mol. The highest BCUT2D eigenvalue weighted by molar-refractivity contribution is 5.29. The Morgan fingerprint density at radius 2 is 1.92 bits per heavy atom. The molecule has 0 radical (unpaired) electrons. The SMILES string of the molecule is C=C(C)C1(CC(C)=C2CC2)CC1. The van der Waals surface area contributed by atoms with E-state index in [0.717, 1.165) is 0 Å². The molecule has 0 bridgehead atoms. The fourth-order valence-electron chi connectivity index (χ4n) is 2.03. The lowest BCUT2D eigenvalue weighted by atomic mass is 9.90. The third kappa shape index (κ3) is 1.35. The third-order valence-corrected chi connectivity index (χ3v) is 3.47. The van der Waals surface area contributed by atoms with Crippen molar-refractivity contribution in [2.45, 2.75) is 46.0 Å². The first kappa shape index (κ1) is 8.10. The fourth-order valence-corrected chi connectivity index (χ4v) is 2.03. The van der Waals surface area contributed by atoms with Crippen LogP contribution < -0.4 is 0 Å². The maximum absolute atomic E-state index is 4.10. The van der Waals surface area contributed by atoms with Gasteiger partial charge in [0.15, 0.2) is 0 Å². The lowest BCUT2D eigenvalue weighted by Crippen LogP contribution is -2.01. The average molecular weight is 162 g/mol. The van der Waals surface area contributed by atoms with Crippen molar-refractivity contribution >= 4 is 0 Å². The summed E-state index contributed by atoms with van der Waals surface area (Å²) in [6.45, 7) is 8.60. The van der Waals surface area contributed by atoms with Crippen molar-refractivity contribution in [2.75, 3.05) is 0 Å². The van der Waals surface area contributed by atoms with Gasteiger partial charge in [-0.2, -0.15) is 0 Å². The normalized spacial score (nSPS) is 23.7. The van der Waals surface area contributed by atoms with Crippen LogP contribution in [0.3, 0.4) is 0 Å². The summed E-state index contributed by atoms with van der Waals surface area (Å²) in [5, 5.41) is 0. The van der Waals surface area contributed by atoms with Crippen LogP contribution in [0.2, 0.25) is 0 Å². The molecule has 2 rings (SSSR count). The van der Waals surface area contributed by atoms with Crippen LogP contribution in [0.1, 0.15) is 46.0 Å². The van der Waals surface area contributed by atoms with E-state index in [0.29, 0.717) is 5.41 Å². The minimum Gasteiger partial charge on any atom is -0.0996 e. The summed E-state index contributed by atoms with van der Waals surface area (Å²) in [5.74, 6) is 0. The molecule has 0 saturated heterocycles. The van der Waals surface area contributed by atoms with Crippen LogP contribution in [0.15, 0.2) is 23.3 Å². The first-order valence-corrected chi connectivity index (χ1v) is 4.97. The van der Waals surface area contributed by atoms with E-state index < -0.39 is 0 Å². The Labute approximate surface area is 75.4 Å². The Hall–Kier alpha value is -0.520. The molecule has 0 amide bonds. The predicted octanol–water partition coefficient (Wildman–Crippen LogP) is 3.84. The lowest BCUT2D eigenvalue weighted by molar-refractivity contribution is 0.600. The second-order valence-corrected chi connectivity index (χ2v) is 4.62. The largest absolute Gasteiger partial charge is 0.0996 e. The van der Waals surface area contributed by atoms with Crippen molar-refractivity contribution in [1.29, 1.82) is 0 Å². The van der Waals surface area contributed by atoms with Crippen LogP contribution >= 0.6 is 0 Å². The fraction of sp³-hybridized carbons (Fsp3) is 0.667. The zero-order valence-electron chi connectivity index (χ0n) is 8.24. The molecule has 0 aromatic carbocycles. The van der Waals surface area contributed by atoms with Gasteiger partial charge in [0.25, 0.3) is 0 Å². The molecule has 2 saturated carbocycles. The third-order valence-electron chi connectivity index (χ3n) is 3.47. The Morgan fingerprint density at radius 3 is 2.25 bits per heavy atom. The highest BCUT2D eigenvalue weighted by Gasteiger charge is 2.43. The van der Waals surface area contributed by atoms with Crippen molar-refractivity contribution < 1.29 is 0 Å². The Balaban J connectivity index is 2.03. The van der Waals surface area contributed by atoms with E-state index in [4.69, 9.17) is 0 Å². The number of hydrogen-bond acceptors (Lipinski definition) is 0. The van der Waals surface area contributed by atoms with Gasteiger partial charge in [0.05, 0.1) is 0 Å². The molecule has 0 aromatic heterocycles. The molecule has 0 heteroatoms. The van der Waals surface area contributed by atoms with Gasteiger partial charge in [-0.25, -0.2) is 0 Å². The quantitative estimate of drug-likeness (QED) is 0.553. The summed E-state index contributed by atoms with van der Waals surface area (Å²) in [4.78, 5) is 0. The molecular weight excluding hydrogens is 144 g/mol. The molecule has 0 nitrogen and oxygen atoms in total. The van der Waals surface area contributed by atoms with Crippen molar-refractivity contribution in [3.8, 4) is 0 Å². The van der Waals surface area contributed by atoms with E-state index in [1.807, 2.05) is 0 Å². The molecule has 2 aliphatic rings. The van der Waals surface area contributed by atoms with E-state index in [-0.39, 0.29) is 0 Å². The standard InChI is InChI=1S/C12H18/c1-9(2)12(6-7-12)8-10(3)11-4-5-11/h1,4-8H2,2-3H3. The molecule has 2 fully saturated rings. The zero-order chi connectivity index (χ0) is 8.77. The van der Waals surface area contributed by atoms with E-state index in [2.05, 4.69) is 20.4 Å². The smallest absolute Gasteiger partial charge is 0.00558 e. The summed E-state index contributed by atoms with van der Waals surface area (Å²) in [7, 11) is 0. The average Bonchev–Trinajstić information content (AvgIpc) is 2.84. The van der Waals surface area contributed by atoms with Crippen LogP contribution in [0, 0.1) is 5.41 Å². The Bertz CT molecular complexity index is 245. The van der Waals surface area contributed by atoms with Crippen LogP contribution in [0.25, 0.3) is 0 Å². The zero-order valence-corrected chi connectivity index (χ0v) is 8.24. The van der Waals surface area contributed by atoms with Gasteiger partial charge in [0.1, 0.15) is 0 Å². The second kappa shape index (κ2) is 2.48. The summed E-state index contributed by atoms with van der Waals surface area (Å²) in [5.41, 5.74) is 5.33. The van der Waals surface area contributed by atoms with Gasteiger partial charge >= 0.3 is 0 Å². The molecule has 12 heavy (non-hydrogen) atoms. The van der Waals surface area contributed by atoms with Gasteiger partial charge in [-0.05, 0) is 51.4 Å². The maximum Gasteiger partial charge on any atom is -0.00558 e. The van der Waals surface area contributed by atoms with Crippen LogP contribution in [-0.2, 0) is 0 Å². The first-order chi connectivity index (χ1) is 5.64. The van der Waals surface area contributed by atoms with Gasteiger partial charge in [0, 0.05) is 0 Å². The Morgan fingerprint density at radius 1 is 1.33 bits per heavy atom. The lowest BCUT2D eigenvalue weighted by Gasteiger charge is -2.14. The number of hydrogen-bond donors (Lipinski definition) is 0. The summed E-state index contributed by atoms with van der Waals surface area (Å²) in [6.07, 6.45) is 6.81. The summed E-state index contributed by atoms with van der Waals surface area (Å²) >= 11 is 0. The van der Waals surface area contributed by atoms with Gasteiger partial charge < -0.3 is 0 Å². The van der Waals surface area contributed by atoms with Gasteiger partial charge in [-0.3, -0.25) is 0 Å². The molecule has 0 aromatic rings. The van der Waals surface area contributed by atoms with Gasteiger partial charge in [0.2, 0.25) is 0 Å². The van der Waals surface area contributed by atoms with E-state index in [1.165, 1.54) is 37.7 Å². The molecule has 0 spiro atoms. The first-order valence-electron chi connectivity index (χ1n) is 4.97. The van der Waals surface area contributed by atoms with Crippen LogP contribution in [0.4, 0.5) is 0 Å². The topological polar surface area (TPSA) is 0 Å². The Kier molecular flexibility index (Phi) is 1.67. The van der Waals surface area contributed by atoms with Gasteiger partial charge in [-0.15, -0.1) is 0 Å². The molecule has 0 heterocycles. The van der Waals surface area contributed by atoms with Crippen molar-refractivity contribution in [1.82, 2.24) is 0 Å². The summed E-state index contributed by atoms with van der Waals surface area (Å²) in [6, 6.07) is 0. The maximum atomic E-state index is 4.10. The highest BCUT2D eigenvalue weighted by atomic mass is 14.5. The van der Waals surface area contributed by atoms with Crippen LogP contribution in [-0.4, -0.2) is 0 Å². The van der Waals surface area contributed by atoms with E-state index in [1.54, 1.807) is 11.1 Å². The van der Waals surface area contributed by atoms with Crippen molar-refractivity contribution in [2.24, 2.45) is 5.41 Å². The van der Waals surface area contributed by atoms with Crippen LogP contribution in [0.5, 0.6) is 0 Å². The van der Waals surface area contributed by atoms with Gasteiger partial charge in [-0.1, -0.05) is 23.3 Å². The number of allylic oxidation sites excluding steroid dienone is 3. The minimum atomic E-state index is 0.541. The molecule has 66 valence electrons. The second-order valence-electron chi connectivity index (χ2n) is 4.62. The van der Waals surface area contributed by atoms with Crippen molar-refractivity contribution in [3.05, 3.63) is 23.3 Å². The van der Waals surface area contributed by atoms with Crippen molar-refractivity contribution in [3.63, 3.8) is 0 Å². The number of rotatable bonds is 3. The highest BCUT2D eigenvalue weighted by Crippen LogP contribution is 2.56. The minimum absolute atomic E-state index is 0.541. The molecule has 0 N–H and O–H groups in total. The molecular formula is C12H18. The summed E-state index contributed by atoms with van der Waals surface area (Å²) < 4.78 is 0. The monoisotopic (exact) mass is 162 g/mol. The molecule has 0 unspecified atom stereocenters. The molecule has 0 aliphatic heterocycles. The van der Waals surface area contributed by atoms with E-state index in [9.17, 15) is 0 Å².